The molecule has 128 valence electrons. The molecule has 0 aromatic heterocycles. The van der Waals surface area contributed by atoms with Crippen LogP contribution in [0.5, 0.6) is 11.5 Å². The molecule has 2 aromatic carbocycles. The summed E-state index contributed by atoms with van der Waals surface area (Å²) in [6, 6.07) is 9.52. The number of anilines is 2. The first-order valence-corrected chi connectivity index (χ1v) is 7.46. The fourth-order valence-corrected chi connectivity index (χ4v) is 2.15. The van der Waals surface area contributed by atoms with Crippen molar-refractivity contribution in [3.63, 3.8) is 0 Å². The summed E-state index contributed by atoms with van der Waals surface area (Å²) in [5.74, 6) is -1.93. The summed E-state index contributed by atoms with van der Waals surface area (Å²) in [6.07, 6.45) is 0.560. The Morgan fingerprint density at radius 1 is 1.04 bits per heavy atom. The third kappa shape index (κ3) is 3.61. The summed E-state index contributed by atoms with van der Waals surface area (Å²) in [6.45, 7) is 1.93. The van der Waals surface area contributed by atoms with E-state index in [1.807, 2.05) is 0 Å². The number of hydrogen-bond donors (Lipinski definition) is 1. The van der Waals surface area contributed by atoms with Gasteiger partial charge in [0.15, 0.2) is 17.4 Å². The van der Waals surface area contributed by atoms with Crippen LogP contribution in [-0.2, 0) is 0 Å². The second-order valence-corrected chi connectivity index (χ2v) is 5.01. The van der Waals surface area contributed by atoms with Gasteiger partial charge in [0.05, 0.1) is 13.7 Å². The average Bonchev–Trinajstić information content (AvgIpc) is 2.64. The molecule has 0 bridgehead atoms. The van der Waals surface area contributed by atoms with Crippen molar-refractivity contribution in [2.45, 2.75) is 13.3 Å². The first-order valence-electron chi connectivity index (χ1n) is 7.46. The van der Waals surface area contributed by atoms with Crippen LogP contribution in [0.25, 0.3) is 0 Å². The quantitative estimate of drug-likeness (QED) is 0.848. The van der Waals surface area contributed by atoms with Crippen LogP contribution in [0.15, 0.2) is 24.3 Å². The molecule has 7 heteroatoms. The second kappa shape index (κ2) is 7.98. The van der Waals surface area contributed by atoms with E-state index in [1.54, 1.807) is 31.2 Å². The Hall–Kier alpha value is -3.32. The molecule has 2 rings (SSSR count). The molecule has 0 saturated carbocycles. The SMILES string of the molecule is CCCOc1c(F)c(C#N)c(C#N)c(F)c1Nc1ccc(OC)cc1. The Morgan fingerprint density at radius 3 is 2.16 bits per heavy atom. The zero-order valence-electron chi connectivity index (χ0n) is 13.7. The van der Waals surface area contributed by atoms with Crippen molar-refractivity contribution in [3.8, 4) is 23.6 Å². The summed E-state index contributed by atoms with van der Waals surface area (Å²) in [7, 11) is 1.51. The summed E-state index contributed by atoms with van der Waals surface area (Å²) < 4.78 is 39.6. The van der Waals surface area contributed by atoms with Gasteiger partial charge in [-0.25, -0.2) is 8.78 Å². The van der Waals surface area contributed by atoms with Gasteiger partial charge in [0.25, 0.3) is 0 Å². The Balaban J connectivity index is 2.58. The molecule has 0 fully saturated rings. The van der Waals surface area contributed by atoms with E-state index >= 15 is 0 Å². The summed E-state index contributed by atoms with van der Waals surface area (Å²) in [4.78, 5) is 0. The molecular formula is C18H15F2N3O2. The lowest BCUT2D eigenvalue weighted by Gasteiger charge is -2.16. The molecule has 0 aliphatic heterocycles. The molecule has 25 heavy (non-hydrogen) atoms. The molecule has 0 spiro atoms. The number of hydrogen-bond acceptors (Lipinski definition) is 5. The van der Waals surface area contributed by atoms with Crippen molar-refractivity contribution < 1.29 is 18.3 Å². The number of methoxy groups -OCH3 is 1. The molecule has 0 radical (unpaired) electrons. The summed E-state index contributed by atoms with van der Waals surface area (Å²) in [5.41, 5.74) is -1.23. The van der Waals surface area contributed by atoms with Gasteiger partial charge in [0.1, 0.15) is 34.7 Å². The topological polar surface area (TPSA) is 78.1 Å². The van der Waals surface area contributed by atoms with E-state index in [0.717, 1.165) is 0 Å². The summed E-state index contributed by atoms with van der Waals surface area (Å²) in [5, 5.41) is 20.8. The zero-order valence-corrected chi connectivity index (χ0v) is 13.7. The van der Waals surface area contributed by atoms with E-state index in [4.69, 9.17) is 20.0 Å². The van der Waals surface area contributed by atoms with E-state index < -0.39 is 28.5 Å². The van der Waals surface area contributed by atoms with Gasteiger partial charge in [-0.3, -0.25) is 0 Å². The normalized spacial score (nSPS) is 9.84. The van der Waals surface area contributed by atoms with Crippen molar-refractivity contribution in [2.24, 2.45) is 0 Å². The number of nitrogens with zero attached hydrogens (tertiary/aromatic N) is 2. The van der Waals surface area contributed by atoms with E-state index in [0.29, 0.717) is 17.9 Å². The molecular weight excluding hydrogens is 328 g/mol. The van der Waals surface area contributed by atoms with Gasteiger partial charge in [-0.15, -0.1) is 0 Å². The molecule has 0 heterocycles. The Kier molecular flexibility index (Phi) is 5.75. The lowest BCUT2D eigenvalue weighted by Crippen LogP contribution is -2.08. The number of nitriles is 2. The molecule has 0 aliphatic carbocycles. The van der Waals surface area contributed by atoms with Crippen LogP contribution in [0.1, 0.15) is 24.5 Å². The molecule has 0 saturated heterocycles. The Morgan fingerprint density at radius 2 is 1.64 bits per heavy atom. The first kappa shape index (κ1) is 18.0. The average molecular weight is 343 g/mol. The first-order chi connectivity index (χ1) is 12.1. The maximum Gasteiger partial charge on any atom is 0.186 e. The van der Waals surface area contributed by atoms with Crippen molar-refractivity contribution in [2.75, 3.05) is 19.0 Å². The second-order valence-electron chi connectivity index (χ2n) is 5.01. The highest BCUT2D eigenvalue weighted by atomic mass is 19.1. The molecule has 1 N–H and O–H groups in total. The number of halogens is 2. The van der Waals surface area contributed by atoms with Crippen LogP contribution in [0, 0.1) is 34.3 Å². The lowest BCUT2D eigenvalue weighted by molar-refractivity contribution is 0.301. The van der Waals surface area contributed by atoms with Gasteiger partial charge in [0.2, 0.25) is 0 Å². The van der Waals surface area contributed by atoms with Crippen LogP contribution in [0.4, 0.5) is 20.2 Å². The fourth-order valence-electron chi connectivity index (χ4n) is 2.15. The third-order valence-electron chi connectivity index (χ3n) is 3.37. The van der Waals surface area contributed by atoms with Gasteiger partial charge in [-0.2, -0.15) is 10.5 Å². The molecule has 2 aromatic rings. The maximum absolute atomic E-state index is 14.7. The van der Waals surface area contributed by atoms with Gasteiger partial charge >= 0.3 is 0 Å². The number of benzene rings is 2. The van der Waals surface area contributed by atoms with Crippen LogP contribution >= 0.6 is 0 Å². The van der Waals surface area contributed by atoms with Crippen molar-refractivity contribution >= 4 is 11.4 Å². The molecule has 5 nitrogen and oxygen atoms in total. The number of nitrogens with one attached hydrogen (secondary N) is 1. The van der Waals surface area contributed by atoms with E-state index in [9.17, 15) is 8.78 Å². The van der Waals surface area contributed by atoms with Gasteiger partial charge < -0.3 is 14.8 Å². The highest BCUT2D eigenvalue weighted by Crippen LogP contribution is 2.38. The van der Waals surface area contributed by atoms with Gasteiger partial charge in [-0.05, 0) is 30.7 Å². The highest BCUT2D eigenvalue weighted by molar-refractivity contribution is 5.72. The maximum atomic E-state index is 14.7. The summed E-state index contributed by atoms with van der Waals surface area (Å²) >= 11 is 0. The van der Waals surface area contributed by atoms with Crippen LogP contribution < -0.4 is 14.8 Å². The van der Waals surface area contributed by atoms with Crippen molar-refractivity contribution in [3.05, 3.63) is 47.0 Å². The molecule has 0 unspecified atom stereocenters. The van der Waals surface area contributed by atoms with Gasteiger partial charge in [0, 0.05) is 5.69 Å². The van der Waals surface area contributed by atoms with Gasteiger partial charge in [-0.1, -0.05) is 6.92 Å². The minimum Gasteiger partial charge on any atom is -0.497 e. The van der Waals surface area contributed by atoms with Crippen molar-refractivity contribution in [1.82, 2.24) is 0 Å². The van der Waals surface area contributed by atoms with E-state index in [-0.39, 0.29) is 12.3 Å². The predicted molar refractivity (Wildman–Crippen MR) is 87.9 cm³/mol. The largest absolute Gasteiger partial charge is 0.497 e. The van der Waals surface area contributed by atoms with Crippen LogP contribution in [-0.4, -0.2) is 13.7 Å². The number of rotatable bonds is 6. The smallest absolute Gasteiger partial charge is 0.186 e. The molecule has 0 amide bonds. The van der Waals surface area contributed by atoms with E-state index in [2.05, 4.69) is 5.32 Å². The van der Waals surface area contributed by atoms with Crippen molar-refractivity contribution in [1.29, 1.82) is 10.5 Å². The molecule has 0 atom stereocenters. The minimum absolute atomic E-state index is 0.129. The standard InChI is InChI=1S/C18H15F2N3O2/c1-3-8-25-18-16(20)14(10-22)13(9-21)15(19)17(18)23-11-4-6-12(24-2)7-5-11/h4-7,23H,3,8H2,1-2H3. The Bertz CT molecular complexity index is 853. The lowest BCUT2D eigenvalue weighted by atomic mass is 10.1. The monoisotopic (exact) mass is 343 g/mol. The third-order valence-corrected chi connectivity index (χ3v) is 3.37. The minimum atomic E-state index is -1.06. The predicted octanol–water partition coefficient (Wildman–Crippen LogP) is 4.25. The van der Waals surface area contributed by atoms with Crippen LogP contribution in [0.2, 0.25) is 0 Å². The molecule has 0 aliphatic rings. The zero-order chi connectivity index (χ0) is 18.4. The fraction of sp³-hybridized carbons (Fsp3) is 0.222. The Labute approximate surface area is 144 Å². The number of ether oxygens (including phenoxy) is 2. The highest BCUT2D eigenvalue weighted by Gasteiger charge is 2.26. The van der Waals surface area contributed by atoms with Crippen LogP contribution in [0.3, 0.4) is 0 Å². The van der Waals surface area contributed by atoms with E-state index in [1.165, 1.54) is 19.2 Å².